The predicted molar refractivity (Wildman–Crippen MR) is 65.1 cm³/mol. The molecule has 1 fully saturated rings. The van der Waals surface area contributed by atoms with Crippen LogP contribution in [0.3, 0.4) is 0 Å². The second-order valence-electron chi connectivity index (χ2n) is 5.20. The molecule has 1 atom stereocenters. The Hall–Kier alpha value is -0.940. The third kappa shape index (κ3) is 3.26. The summed E-state index contributed by atoms with van der Waals surface area (Å²) >= 11 is 0. The Morgan fingerprint density at radius 3 is 3.00 bits per heavy atom. The predicted octanol–water partition coefficient (Wildman–Crippen LogP) is 1.54. The largest absolute Gasteiger partial charge is 0.338 e. The summed E-state index contributed by atoms with van der Waals surface area (Å²) < 4.78 is 5.03. The lowest BCUT2D eigenvalue weighted by atomic mass is 10.0. The molecule has 17 heavy (non-hydrogen) atoms. The van der Waals surface area contributed by atoms with E-state index < -0.39 is 0 Å². The molecular formula is C12H22N4O. The highest BCUT2D eigenvalue weighted by atomic mass is 16.5. The van der Waals surface area contributed by atoms with Crippen molar-refractivity contribution in [1.82, 2.24) is 15.0 Å². The molecule has 0 spiro atoms. The molecule has 1 saturated heterocycles. The normalized spacial score (nSPS) is 21.5. The Labute approximate surface area is 102 Å². The van der Waals surface area contributed by atoms with E-state index in [1.165, 1.54) is 19.3 Å². The van der Waals surface area contributed by atoms with Crippen molar-refractivity contribution in [3.8, 4) is 0 Å². The van der Waals surface area contributed by atoms with E-state index in [2.05, 4.69) is 28.9 Å². The number of aromatic nitrogens is 2. The van der Waals surface area contributed by atoms with Gasteiger partial charge in [0.15, 0.2) is 5.82 Å². The van der Waals surface area contributed by atoms with E-state index in [9.17, 15) is 0 Å². The lowest BCUT2D eigenvalue weighted by Crippen LogP contribution is -2.30. The van der Waals surface area contributed by atoms with Gasteiger partial charge in [-0.3, -0.25) is 4.90 Å². The summed E-state index contributed by atoms with van der Waals surface area (Å²) in [4.78, 5) is 6.72. The highest BCUT2D eigenvalue weighted by Crippen LogP contribution is 2.24. The summed E-state index contributed by atoms with van der Waals surface area (Å²) in [7, 11) is 0. The topological polar surface area (TPSA) is 68.2 Å². The van der Waals surface area contributed by atoms with Gasteiger partial charge in [0, 0.05) is 6.04 Å². The van der Waals surface area contributed by atoms with Crippen LogP contribution in [0.1, 0.15) is 44.8 Å². The van der Waals surface area contributed by atoms with Gasteiger partial charge in [0.25, 0.3) is 0 Å². The van der Waals surface area contributed by atoms with Crippen LogP contribution < -0.4 is 5.73 Å². The first kappa shape index (κ1) is 12.5. The lowest BCUT2D eigenvalue weighted by molar-refractivity contribution is 0.210. The number of nitrogens with zero attached hydrogens (tertiary/aromatic N) is 3. The van der Waals surface area contributed by atoms with Crippen LogP contribution in [-0.2, 0) is 13.1 Å². The zero-order valence-corrected chi connectivity index (χ0v) is 10.7. The minimum Gasteiger partial charge on any atom is -0.338 e. The second-order valence-corrected chi connectivity index (χ2v) is 5.20. The van der Waals surface area contributed by atoms with Crippen LogP contribution in [0.25, 0.3) is 0 Å². The van der Waals surface area contributed by atoms with Crippen molar-refractivity contribution >= 4 is 0 Å². The zero-order valence-electron chi connectivity index (χ0n) is 10.7. The Bertz CT molecular complexity index is 350. The van der Waals surface area contributed by atoms with Gasteiger partial charge in [-0.05, 0) is 31.7 Å². The van der Waals surface area contributed by atoms with Crippen molar-refractivity contribution in [2.75, 3.05) is 6.54 Å². The summed E-state index contributed by atoms with van der Waals surface area (Å²) in [5.74, 6) is 2.03. The molecule has 5 heteroatoms. The van der Waals surface area contributed by atoms with Gasteiger partial charge in [-0.25, -0.2) is 0 Å². The molecule has 1 unspecified atom stereocenters. The first-order valence-electron chi connectivity index (χ1n) is 6.44. The summed E-state index contributed by atoms with van der Waals surface area (Å²) in [5.41, 5.74) is 5.45. The molecule has 5 nitrogen and oxygen atoms in total. The SMILES string of the molecule is CC(C)CC1CCCN1Cc1noc(CN)n1. The van der Waals surface area contributed by atoms with Gasteiger partial charge in [-0.15, -0.1) is 0 Å². The van der Waals surface area contributed by atoms with Gasteiger partial charge in [-0.2, -0.15) is 4.98 Å². The van der Waals surface area contributed by atoms with Crippen molar-refractivity contribution in [2.24, 2.45) is 11.7 Å². The van der Waals surface area contributed by atoms with Crippen LogP contribution in [0, 0.1) is 5.92 Å². The molecule has 96 valence electrons. The van der Waals surface area contributed by atoms with Crippen molar-refractivity contribution in [3.05, 3.63) is 11.7 Å². The molecule has 1 aromatic heterocycles. The molecule has 0 radical (unpaired) electrons. The van der Waals surface area contributed by atoms with Crippen LogP contribution in [0.2, 0.25) is 0 Å². The van der Waals surface area contributed by atoms with Gasteiger partial charge < -0.3 is 10.3 Å². The van der Waals surface area contributed by atoms with Crippen LogP contribution in [-0.4, -0.2) is 27.6 Å². The molecule has 1 aromatic rings. The smallest absolute Gasteiger partial charge is 0.240 e. The van der Waals surface area contributed by atoms with Crippen molar-refractivity contribution in [1.29, 1.82) is 0 Å². The monoisotopic (exact) mass is 238 g/mol. The molecule has 0 saturated carbocycles. The van der Waals surface area contributed by atoms with E-state index in [0.29, 0.717) is 18.5 Å². The average molecular weight is 238 g/mol. The quantitative estimate of drug-likeness (QED) is 0.842. The average Bonchev–Trinajstić information content (AvgIpc) is 2.89. The van der Waals surface area contributed by atoms with E-state index >= 15 is 0 Å². The van der Waals surface area contributed by atoms with Crippen molar-refractivity contribution in [2.45, 2.75) is 52.2 Å². The molecule has 2 heterocycles. The van der Waals surface area contributed by atoms with Crippen LogP contribution in [0.5, 0.6) is 0 Å². The third-order valence-corrected chi connectivity index (χ3v) is 3.27. The first-order chi connectivity index (χ1) is 8.19. The standard InChI is InChI=1S/C12H22N4O/c1-9(2)6-10-4-3-5-16(10)8-11-14-12(7-13)17-15-11/h9-10H,3-8,13H2,1-2H3. The lowest BCUT2D eigenvalue weighted by Gasteiger charge is -2.24. The summed E-state index contributed by atoms with van der Waals surface area (Å²) in [6.45, 7) is 6.81. The molecule has 2 N–H and O–H groups in total. The molecule has 1 aliphatic rings. The van der Waals surface area contributed by atoms with Crippen molar-refractivity contribution < 1.29 is 4.52 Å². The van der Waals surface area contributed by atoms with Gasteiger partial charge in [0.05, 0.1) is 13.1 Å². The summed E-state index contributed by atoms with van der Waals surface area (Å²) in [5, 5.41) is 3.96. The fourth-order valence-corrected chi connectivity index (χ4v) is 2.53. The number of nitrogens with two attached hydrogens (primary N) is 1. The molecule has 2 rings (SSSR count). The van der Waals surface area contributed by atoms with E-state index in [-0.39, 0.29) is 0 Å². The Balaban J connectivity index is 1.92. The van der Waals surface area contributed by atoms with Gasteiger partial charge in [-0.1, -0.05) is 19.0 Å². The highest BCUT2D eigenvalue weighted by molar-refractivity contribution is 4.89. The molecule has 0 aromatic carbocycles. The van der Waals surface area contributed by atoms with E-state index in [0.717, 1.165) is 24.8 Å². The maximum Gasteiger partial charge on any atom is 0.240 e. The van der Waals surface area contributed by atoms with Crippen molar-refractivity contribution in [3.63, 3.8) is 0 Å². The van der Waals surface area contributed by atoms with Gasteiger partial charge in [0.1, 0.15) is 0 Å². The maximum atomic E-state index is 5.45. The number of hydrogen-bond donors (Lipinski definition) is 1. The van der Waals surface area contributed by atoms with Gasteiger partial charge in [0.2, 0.25) is 5.89 Å². The highest BCUT2D eigenvalue weighted by Gasteiger charge is 2.26. The fourth-order valence-electron chi connectivity index (χ4n) is 2.53. The molecule has 1 aliphatic heterocycles. The minimum absolute atomic E-state index is 0.322. The van der Waals surface area contributed by atoms with E-state index in [1.807, 2.05) is 0 Å². The minimum atomic E-state index is 0.322. The Morgan fingerprint density at radius 2 is 2.35 bits per heavy atom. The summed E-state index contributed by atoms with van der Waals surface area (Å²) in [6, 6.07) is 0.676. The van der Waals surface area contributed by atoms with E-state index in [4.69, 9.17) is 10.3 Å². The number of hydrogen-bond acceptors (Lipinski definition) is 5. The second kappa shape index (κ2) is 5.60. The molecule has 0 aliphatic carbocycles. The Kier molecular flexibility index (Phi) is 4.12. The van der Waals surface area contributed by atoms with Crippen LogP contribution in [0.4, 0.5) is 0 Å². The number of likely N-dealkylation sites (tertiary alicyclic amines) is 1. The Morgan fingerprint density at radius 1 is 1.53 bits per heavy atom. The zero-order chi connectivity index (χ0) is 12.3. The maximum absolute atomic E-state index is 5.45. The van der Waals surface area contributed by atoms with Crippen LogP contribution in [0.15, 0.2) is 4.52 Å². The molecular weight excluding hydrogens is 216 g/mol. The molecule has 0 amide bonds. The third-order valence-electron chi connectivity index (χ3n) is 3.27. The van der Waals surface area contributed by atoms with E-state index in [1.54, 1.807) is 0 Å². The van der Waals surface area contributed by atoms with Gasteiger partial charge >= 0.3 is 0 Å². The molecule has 0 bridgehead atoms. The summed E-state index contributed by atoms with van der Waals surface area (Å²) in [6.07, 6.45) is 3.82. The van der Waals surface area contributed by atoms with Crippen LogP contribution >= 0.6 is 0 Å². The fraction of sp³-hybridized carbons (Fsp3) is 0.833. The first-order valence-corrected chi connectivity index (χ1v) is 6.44. The number of rotatable bonds is 5.